The third kappa shape index (κ3) is 4.44. The molecule has 2 aromatic rings. The average Bonchev–Trinajstić information content (AvgIpc) is 3.09. The Morgan fingerprint density at radius 3 is 2.19 bits per heavy atom. The Balaban J connectivity index is 1.62. The van der Waals surface area contributed by atoms with Gasteiger partial charge in [0.1, 0.15) is 35.0 Å². The maximum absolute atomic E-state index is 13.5. The number of nitrogens with zero attached hydrogens (tertiary/aromatic N) is 2. The molecule has 0 aliphatic carbocycles. The highest BCUT2D eigenvalue weighted by molar-refractivity contribution is 8.01. The van der Waals surface area contributed by atoms with Gasteiger partial charge in [0.2, 0.25) is 5.91 Å². The van der Waals surface area contributed by atoms with E-state index in [9.17, 15) is 34.5 Å². The van der Waals surface area contributed by atoms with E-state index in [1.165, 1.54) is 53.1 Å². The van der Waals surface area contributed by atoms with E-state index in [0.29, 0.717) is 11.3 Å². The summed E-state index contributed by atoms with van der Waals surface area (Å²) < 4.78 is -0.845. The monoisotopic (exact) mass is 514 g/mol. The number of carboxylic acid groups (broad SMARTS) is 1. The number of fused-ring (bicyclic) bond motifs is 1. The summed E-state index contributed by atoms with van der Waals surface area (Å²) in [4.78, 5) is 54.0. The Kier molecular flexibility index (Phi) is 6.58. The van der Waals surface area contributed by atoms with Gasteiger partial charge in [-0.1, -0.05) is 12.1 Å². The van der Waals surface area contributed by atoms with Crippen LogP contribution in [-0.2, 0) is 19.2 Å². The second-order valence-corrected chi connectivity index (χ2v) is 10.9. The van der Waals surface area contributed by atoms with Crippen LogP contribution in [0.15, 0.2) is 48.5 Å². The number of thioether (sulfide) groups is 1. The topological polar surface area (TPSA) is 174 Å². The Morgan fingerprint density at radius 2 is 1.64 bits per heavy atom. The van der Waals surface area contributed by atoms with Crippen molar-refractivity contribution in [2.45, 2.75) is 42.1 Å². The smallest absolute Gasteiger partial charge is 0.327 e. The molecule has 0 aromatic heterocycles. The lowest BCUT2D eigenvalue weighted by atomic mass is 9.94. The largest absolute Gasteiger partial charge is 0.508 e. The van der Waals surface area contributed by atoms with Crippen LogP contribution in [0, 0.1) is 0 Å². The molecular formula is C24H26N4O7S. The second-order valence-electron chi connectivity index (χ2n) is 9.11. The standard InChI is InChI=1S/C24H26N4O7S/c1-24(2)19(23(34)35)28-21(33)18(22(28)36-24)27(16(31)11-26-13-5-9-15(30)10-6-13)20(32)17(25)12-3-7-14(29)8-4-12/h3-10,17-19,22,26,29-30H,11,25H2,1-2H3,(H,34,35)/t17-,18-,19+,22-/m1/s1. The van der Waals surface area contributed by atoms with Crippen molar-refractivity contribution >= 4 is 41.1 Å². The Bertz CT molecular complexity index is 1200. The molecule has 2 aliphatic heterocycles. The first-order valence-corrected chi connectivity index (χ1v) is 12.0. The number of nitrogens with two attached hydrogens (primary N) is 1. The van der Waals surface area contributed by atoms with E-state index in [4.69, 9.17) is 5.73 Å². The molecule has 12 heteroatoms. The molecule has 0 radical (unpaired) electrons. The molecule has 0 saturated carbocycles. The maximum Gasteiger partial charge on any atom is 0.327 e. The number of hydrogen-bond donors (Lipinski definition) is 5. The van der Waals surface area contributed by atoms with Gasteiger partial charge in [-0.15, -0.1) is 11.8 Å². The van der Waals surface area contributed by atoms with Crippen molar-refractivity contribution in [1.82, 2.24) is 9.80 Å². The minimum atomic E-state index is -1.31. The summed E-state index contributed by atoms with van der Waals surface area (Å²) in [7, 11) is 0. The lowest BCUT2D eigenvalue weighted by Gasteiger charge is -2.47. The fourth-order valence-electron chi connectivity index (χ4n) is 4.46. The summed E-state index contributed by atoms with van der Waals surface area (Å²) in [6.07, 6.45) is 0. The minimum Gasteiger partial charge on any atom is -0.508 e. The molecule has 2 heterocycles. The number of carboxylic acids is 1. The van der Waals surface area contributed by atoms with Crippen LogP contribution in [-0.4, -0.2) is 77.6 Å². The highest BCUT2D eigenvalue weighted by Gasteiger charge is 2.66. The zero-order chi connectivity index (χ0) is 26.4. The summed E-state index contributed by atoms with van der Waals surface area (Å²) in [6, 6.07) is 7.89. The molecule has 2 fully saturated rings. The molecule has 2 saturated heterocycles. The van der Waals surface area contributed by atoms with Gasteiger partial charge in [0.15, 0.2) is 0 Å². The van der Waals surface area contributed by atoms with Crippen LogP contribution in [0.3, 0.4) is 0 Å². The number of benzene rings is 2. The van der Waals surface area contributed by atoms with Gasteiger partial charge >= 0.3 is 5.97 Å². The third-order valence-electron chi connectivity index (χ3n) is 6.26. The first-order chi connectivity index (χ1) is 16.9. The van der Waals surface area contributed by atoms with E-state index in [1.807, 2.05) is 0 Å². The summed E-state index contributed by atoms with van der Waals surface area (Å²) in [5.74, 6) is -3.35. The summed E-state index contributed by atoms with van der Waals surface area (Å²) in [5.41, 5.74) is 7.01. The lowest BCUT2D eigenvalue weighted by molar-refractivity contribution is -0.172. The lowest BCUT2D eigenvalue weighted by Crippen LogP contribution is -2.73. The number of phenolic OH excluding ortho intramolecular Hbond substituents is 2. The number of aromatic hydroxyl groups is 2. The normalized spacial score (nSPS) is 22.8. The van der Waals surface area contributed by atoms with Gasteiger partial charge in [-0.3, -0.25) is 19.3 Å². The van der Waals surface area contributed by atoms with Crippen LogP contribution in [0.5, 0.6) is 11.5 Å². The Labute approximate surface area is 210 Å². The van der Waals surface area contributed by atoms with Gasteiger partial charge in [-0.05, 0) is 55.8 Å². The van der Waals surface area contributed by atoms with Crippen molar-refractivity contribution < 1.29 is 34.5 Å². The molecular weight excluding hydrogens is 488 g/mol. The summed E-state index contributed by atoms with van der Waals surface area (Å²) in [5, 5.41) is 30.8. The van der Waals surface area contributed by atoms with Crippen molar-refractivity contribution in [3.05, 3.63) is 54.1 Å². The molecule has 0 unspecified atom stereocenters. The van der Waals surface area contributed by atoms with Crippen LogP contribution in [0.4, 0.5) is 5.69 Å². The van der Waals surface area contributed by atoms with Crippen LogP contribution in [0.2, 0.25) is 0 Å². The highest BCUT2D eigenvalue weighted by atomic mass is 32.2. The highest BCUT2D eigenvalue weighted by Crippen LogP contribution is 2.52. The average molecular weight is 515 g/mol. The van der Waals surface area contributed by atoms with Crippen LogP contribution in [0.25, 0.3) is 0 Å². The molecule has 3 amide bonds. The molecule has 4 rings (SSSR count). The zero-order valence-electron chi connectivity index (χ0n) is 19.5. The van der Waals surface area contributed by atoms with Crippen LogP contribution < -0.4 is 11.1 Å². The second kappa shape index (κ2) is 9.36. The Morgan fingerprint density at radius 1 is 1.08 bits per heavy atom. The number of amides is 3. The van der Waals surface area contributed by atoms with Crippen molar-refractivity contribution in [1.29, 1.82) is 0 Å². The van der Waals surface area contributed by atoms with E-state index in [0.717, 1.165) is 4.90 Å². The number of hydrogen-bond acceptors (Lipinski definition) is 9. The van der Waals surface area contributed by atoms with Crippen molar-refractivity contribution in [2.24, 2.45) is 5.73 Å². The van der Waals surface area contributed by atoms with Gasteiger partial charge in [-0.25, -0.2) is 4.79 Å². The number of imide groups is 1. The molecule has 36 heavy (non-hydrogen) atoms. The zero-order valence-corrected chi connectivity index (χ0v) is 20.3. The quantitative estimate of drug-likeness (QED) is 0.266. The number of rotatable bonds is 7. The number of phenols is 2. The SMILES string of the molecule is CC1(C)S[C@@H]2[C@H](N(C(=O)CNc3ccc(O)cc3)C(=O)[C@H](N)c3ccc(O)cc3)C(=O)N2[C@H]1C(=O)O. The number of carbonyl (C=O) groups is 4. The van der Waals surface area contributed by atoms with Gasteiger partial charge in [0, 0.05) is 10.4 Å². The Hall–Kier alpha value is -3.77. The third-order valence-corrected chi connectivity index (χ3v) is 7.82. The van der Waals surface area contributed by atoms with Crippen molar-refractivity contribution in [3.8, 4) is 11.5 Å². The first-order valence-electron chi connectivity index (χ1n) is 11.1. The van der Waals surface area contributed by atoms with Gasteiger partial charge < -0.3 is 31.3 Å². The maximum atomic E-state index is 13.5. The number of nitrogens with one attached hydrogen (secondary N) is 1. The molecule has 4 atom stereocenters. The predicted molar refractivity (Wildman–Crippen MR) is 131 cm³/mol. The first kappa shape index (κ1) is 25.3. The number of carbonyl (C=O) groups excluding carboxylic acids is 3. The van der Waals surface area contributed by atoms with E-state index in [1.54, 1.807) is 26.0 Å². The van der Waals surface area contributed by atoms with Crippen LogP contribution >= 0.6 is 11.8 Å². The van der Waals surface area contributed by atoms with Crippen molar-refractivity contribution in [3.63, 3.8) is 0 Å². The fraction of sp³-hybridized carbons (Fsp3) is 0.333. The molecule has 0 bridgehead atoms. The van der Waals surface area contributed by atoms with E-state index in [2.05, 4.69) is 5.32 Å². The molecule has 2 aliphatic rings. The fourth-order valence-corrected chi connectivity index (χ4v) is 6.13. The summed E-state index contributed by atoms with van der Waals surface area (Å²) in [6.45, 7) is 3.04. The van der Waals surface area contributed by atoms with E-state index < -0.39 is 51.9 Å². The molecule has 6 N–H and O–H groups in total. The molecule has 190 valence electrons. The molecule has 11 nitrogen and oxygen atoms in total. The van der Waals surface area contributed by atoms with E-state index >= 15 is 0 Å². The van der Waals surface area contributed by atoms with Crippen LogP contribution in [0.1, 0.15) is 25.5 Å². The molecule has 2 aromatic carbocycles. The van der Waals surface area contributed by atoms with Gasteiger partial charge in [-0.2, -0.15) is 0 Å². The van der Waals surface area contributed by atoms with Crippen molar-refractivity contribution in [2.75, 3.05) is 11.9 Å². The number of aliphatic carboxylic acids is 1. The minimum absolute atomic E-state index is 0.0291. The number of β-lactam (4-membered cyclic amide) rings is 1. The summed E-state index contributed by atoms with van der Waals surface area (Å²) >= 11 is 1.21. The number of anilines is 1. The van der Waals surface area contributed by atoms with Gasteiger partial charge in [0.05, 0.1) is 6.54 Å². The molecule has 0 spiro atoms. The predicted octanol–water partition coefficient (Wildman–Crippen LogP) is 1.08. The van der Waals surface area contributed by atoms with E-state index in [-0.39, 0.29) is 18.0 Å². The van der Waals surface area contributed by atoms with Gasteiger partial charge in [0.25, 0.3) is 11.8 Å².